The number of hydrogen-bond donors (Lipinski definition) is 2. The van der Waals surface area contributed by atoms with Crippen LogP contribution in [0.4, 0.5) is 5.69 Å². The molecule has 0 aromatic carbocycles. The van der Waals surface area contributed by atoms with E-state index in [1.54, 1.807) is 25.4 Å². The van der Waals surface area contributed by atoms with Crippen LogP contribution in [0.2, 0.25) is 0 Å². The Morgan fingerprint density at radius 1 is 1.45 bits per heavy atom. The third kappa shape index (κ3) is 4.47. The molecule has 6 heteroatoms. The molecular formula is C14H21N3O3. The molecule has 2 N–H and O–H groups in total. The first-order valence-corrected chi connectivity index (χ1v) is 6.91. The molecule has 0 spiro atoms. The SMILES string of the molecule is COCCOc1ccc(NC(=O)[C@H]2CCCCN2)cn1. The third-order valence-corrected chi connectivity index (χ3v) is 3.17. The second-order valence-corrected chi connectivity index (χ2v) is 4.72. The van der Waals surface area contributed by atoms with Gasteiger partial charge in [0.05, 0.1) is 24.5 Å². The molecule has 2 rings (SSSR count). The largest absolute Gasteiger partial charge is 0.475 e. The van der Waals surface area contributed by atoms with Crippen LogP contribution in [0, 0.1) is 0 Å². The van der Waals surface area contributed by atoms with Crippen molar-refractivity contribution in [2.24, 2.45) is 0 Å². The van der Waals surface area contributed by atoms with Gasteiger partial charge in [-0.25, -0.2) is 4.98 Å². The van der Waals surface area contributed by atoms with E-state index in [2.05, 4.69) is 15.6 Å². The lowest BCUT2D eigenvalue weighted by atomic mass is 10.0. The molecule has 0 saturated carbocycles. The number of carbonyl (C=O) groups is 1. The number of nitrogens with one attached hydrogen (secondary N) is 2. The number of methoxy groups -OCH3 is 1. The molecule has 20 heavy (non-hydrogen) atoms. The topological polar surface area (TPSA) is 72.5 Å². The lowest BCUT2D eigenvalue weighted by Crippen LogP contribution is -2.43. The fourth-order valence-corrected chi connectivity index (χ4v) is 2.07. The zero-order valence-corrected chi connectivity index (χ0v) is 11.7. The van der Waals surface area contributed by atoms with Gasteiger partial charge in [-0.15, -0.1) is 0 Å². The number of ether oxygens (including phenoxy) is 2. The van der Waals surface area contributed by atoms with E-state index in [1.165, 1.54) is 0 Å². The molecular weight excluding hydrogens is 258 g/mol. The van der Waals surface area contributed by atoms with Gasteiger partial charge in [0.2, 0.25) is 11.8 Å². The summed E-state index contributed by atoms with van der Waals surface area (Å²) in [6.07, 6.45) is 4.72. The number of rotatable bonds is 6. The lowest BCUT2D eigenvalue weighted by molar-refractivity contribution is -0.118. The molecule has 2 heterocycles. The van der Waals surface area contributed by atoms with Gasteiger partial charge < -0.3 is 20.1 Å². The molecule has 0 unspecified atom stereocenters. The molecule has 1 aliphatic heterocycles. The lowest BCUT2D eigenvalue weighted by Gasteiger charge is -2.22. The standard InChI is InChI=1S/C14H21N3O3/c1-19-8-9-20-13-6-5-11(10-16-13)17-14(18)12-4-2-3-7-15-12/h5-6,10,12,15H,2-4,7-9H2,1H3,(H,17,18)/t12-/m1/s1. The Morgan fingerprint density at radius 2 is 2.35 bits per heavy atom. The predicted molar refractivity (Wildman–Crippen MR) is 75.9 cm³/mol. The quantitative estimate of drug-likeness (QED) is 0.765. The van der Waals surface area contributed by atoms with E-state index in [9.17, 15) is 4.79 Å². The number of carbonyl (C=O) groups excluding carboxylic acids is 1. The summed E-state index contributed by atoms with van der Waals surface area (Å²) in [7, 11) is 1.62. The highest BCUT2D eigenvalue weighted by molar-refractivity contribution is 5.94. The highest BCUT2D eigenvalue weighted by atomic mass is 16.5. The Labute approximate surface area is 118 Å². The average Bonchev–Trinajstić information content (AvgIpc) is 2.50. The van der Waals surface area contributed by atoms with Gasteiger partial charge in [-0.05, 0) is 25.5 Å². The van der Waals surface area contributed by atoms with Crippen molar-refractivity contribution < 1.29 is 14.3 Å². The molecule has 1 aromatic rings. The molecule has 0 radical (unpaired) electrons. The van der Waals surface area contributed by atoms with Gasteiger partial charge in [-0.2, -0.15) is 0 Å². The molecule has 6 nitrogen and oxygen atoms in total. The number of pyridine rings is 1. The van der Waals surface area contributed by atoms with Gasteiger partial charge >= 0.3 is 0 Å². The first-order chi connectivity index (χ1) is 9.79. The van der Waals surface area contributed by atoms with E-state index < -0.39 is 0 Å². The maximum Gasteiger partial charge on any atom is 0.241 e. The summed E-state index contributed by atoms with van der Waals surface area (Å²) in [5.41, 5.74) is 0.682. The number of hydrogen-bond acceptors (Lipinski definition) is 5. The van der Waals surface area contributed by atoms with Crippen molar-refractivity contribution in [2.75, 3.05) is 32.2 Å². The average molecular weight is 279 g/mol. The van der Waals surface area contributed by atoms with Crippen LogP contribution in [0.5, 0.6) is 5.88 Å². The van der Waals surface area contributed by atoms with Gasteiger partial charge in [0.25, 0.3) is 0 Å². The van der Waals surface area contributed by atoms with Crippen LogP contribution in [0.1, 0.15) is 19.3 Å². The van der Waals surface area contributed by atoms with Crippen LogP contribution in [0.25, 0.3) is 0 Å². The van der Waals surface area contributed by atoms with E-state index in [4.69, 9.17) is 9.47 Å². The number of anilines is 1. The molecule has 0 aliphatic carbocycles. The van der Waals surface area contributed by atoms with Crippen molar-refractivity contribution in [3.05, 3.63) is 18.3 Å². The molecule has 1 amide bonds. The van der Waals surface area contributed by atoms with Crippen LogP contribution < -0.4 is 15.4 Å². The van der Waals surface area contributed by atoms with Crippen molar-refractivity contribution in [3.63, 3.8) is 0 Å². The summed E-state index contributed by atoms with van der Waals surface area (Å²) in [4.78, 5) is 16.1. The number of nitrogens with zero attached hydrogens (tertiary/aromatic N) is 1. The van der Waals surface area contributed by atoms with Gasteiger partial charge in [-0.1, -0.05) is 6.42 Å². The zero-order chi connectivity index (χ0) is 14.2. The van der Waals surface area contributed by atoms with Gasteiger partial charge in [0.15, 0.2) is 0 Å². The van der Waals surface area contributed by atoms with Crippen molar-refractivity contribution in [3.8, 4) is 5.88 Å². The Bertz CT molecular complexity index is 416. The van der Waals surface area contributed by atoms with E-state index in [0.29, 0.717) is 24.8 Å². The maximum absolute atomic E-state index is 12.0. The monoisotopic (exact) mass is 279 g/mol. The molecule has 1 aromatic heterocycles. The van der Waals surface area contributed by atoms with Crippen LogP contribution in [0.3, 0.4) is 0 Å². The predicted octanol–water partition coefficient (Wildman–Crippen LogP) is 1.19. The summed E-state index contributed by atoms with van der Waals surface area (Å²) in [5.74, 6) is 0.524. The maximum atomic E-state index is 12.0. The molecule has 1 saturated heterocycles. The number of piperidine rings is 1. The van der Waals surface area contributed by atoms with Crippen molar-refractivity contribution in [1.82, 2.24) is 10.3 Å². The van der Waals surface area contributed by atoms with Crippen LogP contribution in [0.15, 0.2) is 18.3 Å². The Balaban J connectivity index is 1.81. The number of aromatic nitrogens is 1. The Hall–Kier alpha value is -1.66. The summed E-state index contributed by atoms with van der Waals surface area (Å²) in [5, 5.41) is 6.08. The minimum absolute atomic E-state index is 0.000415. The van der Waals surface area contributed by atoms with Crippen LogP contribution in [-0.2, 0) is 9.53 Å². The van der Waals surface area contributed by atoms with E-state index in [0.717, 1.165) is 25.8 Å². The molecule has 1 aliphatic rings. The molecule has 1 atom stereocenters. The summed E-state index contributed by atoms with van der Waals surface area (Å²) < 4.78 is 10.3. The highest BCUT2D eigenvalue weighted by Crippen LogP contribution is 2.13. The van der Waals surface area contributed by atoms with Gasteiger partial charge in [0, 0.05) is 13.2 Å². The third-order valence-electron chi connectivity index (χ3n) is 3.17. The zero-order valence-electron chi connectivity index (χ0n) is 11.7. The van der Waals surface area contributed by atoms with Crippen molar-refractivity contribution in [2.45, 2.75) is 25.3 Å². The molecule has 0 bridgehead atoms. The van der Waals surface area contributed by atoms with E-state index in [1.807, 2.05) is 0 Å². The second-order valence-electron chi connectivity index (χ2n) is 4.72. The summed E-state index contributed by atoms with van der Waals surface area (Å²) in [6, 6.07) is 3.43. The molecule has 110 valence electrons. The first-order valence-electron chi connectivity index (χ1n) is 6.91. The fourth-order valence-electron chi connectivity index (χ4n) is 2.07. The van der Waals surface area contributed by atoms with E-state index in [-0.39, 0.29) is 11.9 Å². The summed E-state index contributed by atoms with van der Waals surface area (Å²) in [6.45, 7) is 1.89. The normalized spacial score (nSPS) is 18.6. The Morgan fingerprint density at radius 3 is 3.00 bits per heavy atom. The van der Waals surface area contributed by atoms with Crippen molar-refractivity contribution >= 4 is 11.6 Å². The Kier molecular flexibility index (Phi) is 5.76. The first kappa shape index (κ1) is 14.7. The van der Waals surface area contributed by atoms with Crippen LogP contribution >= 0.6 is 0 Å². The second kappa shape index (κ2) is 7.81. The van der Waals surface area contributed by atoms with Crippen molar-refractivity contribution in [1.29, 1.82) is 0 Å². The summed E-state index contributed by atoms with van der Waals surface area (Å²) >= 11 is 0. The van der Waals surface area contributed by atoms with Crippen LogP contribution in [-0.4, -0.2) is 43.8 Å². The van der Waals surface area contributed by atoms with Gasteiger partial charge in [0.1, 0.15) is 6.61 Å². The van der Waals surface area contributed by atoms with Gasteiger partial charge in [-0.3, -0.25) is 4.79 Å². The van der Waals surface area contributed by atoms with E-state index >= 15 is 0 Å². The minimum Gasteiger partial charge on any atom is -0.475 e. The number of amides is 1. The fraction of sp³-hybridized carbons (Fsp3) is 0.571. The molecule has 1 fully saturated rings. The highest BCUT2D eigenvalue weighted by Gasteiger charge is 2.20. The minimum atomic E-state index is -0.0959. The smallest absolute Gasteiger partial charge is 0.241 e.